The molecule has 0 atom stereocenters. The Morgan fingerprint density at radius 3 is 2.72 bits per heavy atom. The van der Waals surface area contributed by atoms with Crippen molar-refractivity contribution in [3.63, 3.8) is 0 Å². The van der Waals surface area contributed by atoms with Gasteiger partial charge in [0.25, 0.3) is 5.91 Å². The topological polar surface area (TPSA) is 66.5 Å². The summed E-state index contributed by atoms with van der Waals surface area (Å²) in [6.45, 7) is 7.66. The number of piperazine rings is 1. The van der Waals surface area contributed by atoms with Crippen LogP contribution in [0, 0.1) is 13.8 Å². The van der Waals surface area contributed by atoms with E-state index < -0.39 is 0 Å². The summed E-state index contributed by atoms with van der Waals surface area (Å²) in [6, 6.07) is 7.69. The lowest BCUT2D eigenvalue weighted by Gasteiger charge is -2.29. The first kappa shape index (κ1) is 17.2. The number of aromatic nitrogens is 1. The summed E-state index contributed by atoms with van der Waals surface area (Å²) in [5.74, 6) is 1.10. The van der Waals surface area contributed by atoms with E-state index in [0.717, 1.165) is 43.0 Å². The van der Waals surface area contributed by atoms with Crippen LogP contribution in [0.3, 0.4) is 0 Å². The van der Waals surface area contributed by atoms with E-state index in [1.165, 1.54) is 0 Å². The Morgan fingerprint density at radius 2 is 2.00 bits per heavy atom. The second kappa shape index (κ2) is 7.53. The Labute approximate surface area is 148 Å². The van der Waals surface area contributed by atoms with Crippen molar-refractivity contribution in [3.8, 4) is 5.75 Å². The number of hydrogen-bond donors (Lipinski definition) is 2. The Bertz CT molecular complexity index is 770. The van der Waals surface area contributed by atoms with Crippen LogP contribution in [0.1, 0.15) is 21.5 Å². The number of anilines is 2. The number of rotatable bonds is 4. The summed E-state index contributed by atoms with van der Waals surface area (Å²) >= 11 is 0. The van der Waals surface area contributed by atoms with E-state index >= 15 is 0 Å². The van der Waals surface area contributed by atoms with Gasteiger partial charge < -0.3 is 20.3 Å². The molecular formula is C19H24N4O2. The van der Waals surface area contributed by atoms with Crippen LogP contribution in [-0.2, 0) is 0 Å². The molecule has 1 fully saturated rings. The van der Waals surface area contributed by atoms with Crippen LogP contribution in [0.25, 0.3) is 0 Å². The van der Waals surface area contributed by atoms with Gasteiger partial charge in [-0.1, -0.05) is 0 Å². The van der Waals surface area contributed by atoms with Crippen LogP contribution in [0.5, 0.6) is 5.75 Å². The minimum absolute atomic E-state index is 0.176. The van der Waals surface area contributed by atoms with Gasteiger partial charge in [-0.05, 0) is 37.6 Å². The predicted octanol–water partition coefficient (Wildman–Crippen LogP) is 2.37. The first-order valence-electron chi connectivity index (χ1n) is 8.47. The molecule has 2 heterocycles. The first-order chi connectivity index (χ1) is 12.1. The maximum absolute atomic E-state index is 12.7. The van der Waals surface area contributed by atoms with Gasteiger partial charge in [0.15, 0.2) is 0 Å². The van der Waals surface area contributed by atoms with Crippen molar-refractivity contribution in [1.82, 2.24) is 10.3 Å². The van der Waals surface area contributed by atoms with Crippen molar-refractivity contribution in [2.24, 2.45) is 0 Å². The second-order valence-corrected chi connectivity index (χ2v) is 6.23. The third-order valence-electron chi connectivity index (χ3n) is 4.44. The van der Waals surface area contributed by atoms with E-state index in [4.69, 9.17) is 4.74 Å². The highest BCUT2D eigenvalue weighted by Gasteiger charge is 2.16. The fraction of sp³-hybridized carbons (Fsp3) is 0.368. The maximum Gasteiger partial charge on any atom is 0.257 e. The van der Waals surface area contributed by atoms with Gasteiger partial charge in [-0.2, -0.15) is 0 Å². The average Bonchev–Trinajstić information content (AvgIpc) is 2.64. The van der Waals surface area contributed by atoms with Crippen LogP contribution in [0.15, 0.2) is 30.5 Å². The van der Waals surface area contributed by atoms with E-state index in [9.17, 15) is 4.79 Å². The van der Waals surface area contributed by atoms with Crippen LogP contribution < -0.4 is 20.3 Å². The number of nitrogens with zero attached hydrogens (tertiary/aromatic N) is 2. The zero-order valence-electron chi connectivity index (χ0n) is 14.9. The molecule has 6 nitrogen and oxygen atoms in total. The van der Waals surface area contributed by atoms with Crippen LogP contribution in [0.4, 0.5) is 11.5 Å². The molecule has 2 N–H and O–H groups in total. The van der Waals surface area contributed by atoms with Gasteiger partial charge in [-0.15, -0.1) is 0 Å². The second-order valence-electron chi connectivity index (χ2n) is 6.23. The molecule has 2 aromatic rings. The summed E-state index contributed by atoms with van der Waals surface area (Å²) in [6.07, 6.45) is 1.73. The molecule has 6 heteroatoms. The third kappa shape index (κ3) is 3.91. The van der Waals surface area contributed by atoms with Gasteiger partial charge in [0.1, 0.15) is 11.6 Å². The van der Waals surface area contributed by atoms with Crippen molar-refractivity contribution in [2.75, 3.05) is 43.5 Å². The number of methoxy groups -OCH3 is 1. The SMILES string of the molecule is COc1cc(C)cc(C(=O)Nc2cc(N3CCNCC3)ccn2)c1C. The van der Waals surface area contributed by atoms with Gasteiger partial charge in [0.2, 0.25) is 0 Å². The fourth-order valence-electron chi connectivity index (χ4n) is 3.06. The molecule has 1 aliphatic heterocycles. The average molecular weight is 340 g/mol. The third-order valence-corrected chi connectivity index (χ3v) is 4.44. The molecule has 132 valence electrons. The molecular weight excluding hydrogens is 316 g/mol. The lowest BCUT2D eigenvalue weighted by Crippen LogP contribution is -2.43. The summed E-state index contributed by atoms with van der Waals surface area (Å²) in [4.78, 5) is 19.3. The van der Waals surface area contributed by atoms with Crippen molar-refractivity contribution in [1.29, 1.82) is 0 Å². The van der Waals surface area contributed by atoms with E-state index in [0.29, 0.717) is 17.1 Å². The minimum Gasteiger partial charge on any atom is -0.496 e. The van der Waals surface area contributed by atoms with Gasteiger partial charge in [0.05, 0.1) is 7.11 Å². The number of carbonyl (C=O) groups is 1. The summed E-state index contributed by atoms with van der Waals surface area (Å²) in [7, 11) is 1.61. The molecule has 3 rings (SSSR count). The zero-order chi connectivity index (χ0) is 17.8. The molecule has 0 unspecified atom stereocenters. The zero-order valence-corrected chi connectivity index (χ0v) is 14.9. The van der Waals surface area contributed by atoms with Crippen molar-refractivity contribution in [2.45, 2.75) is 13.8 Å². The number of benzene rings is 1. The molecule has 1 aromatic carbocycles. The standard InChI is InChI=1S/C19H24N4O2/c1-13-10-16(14(2)17(11-13)25-3)19(24)22-18-12-15(4-5-21-18)23-8-6-20-7-9-23/h4-5,10-12,20H,6-9H2,1-3H3,(H,21,22,24). The first-order valence-corrected chi connectivity index (χ1v) is 8.47. The number of pyridine rings is 1. The quantitative estimate of drug-likeness (QED) is 0.894. The van der Waals surface area contributed by atoms with Crippen molar-refractivity contribution in [3.05, 3.63) is 47.2 Å². The summed E-state index contributed by atoms with van der Waals surface area (Å²) in [5.41, 5.74) is 3.48. The molecule has 1 amide bonds. The van der Waals surface area contributed by atoms with Gasteiger partial charge >= 0.3 is 0 Å². The normalized spacial score (nSPS) is 14.3. The molecule has 1 aromatic heterocycles. The Morgan fingerprint density at radius 1 is 1.24 bits per heavy atom. The molecule has 1 aliphatic rings. The highest BCUT2D eigenvalue weighted by atomic mass is 16.5. The smallest absolute Gasteiger partial charge is 0.257 e. The number of aryl methyl sites for hydroxylation is 1. The van der Waals surface area contributed by atoms with Crippen LogP contribution >= 0.6 is 0 Å². The highest BCUT2D eigenvalue weighted by molar-refractivity contribution is 6.05. The van der Waals surface area contributed by atoms with Crippen molar-refractivity contribution >= 4 is 17.4 Å². The monoisotopic (exact) mass is 340 g/mol. The predicted molar refractivity (Wildman–Crippen MR) is 99.7 cm³/mol. The number of ether oxygens (including phenoxy) is 1. The molecule has 0 saturated carbocycles. The van der Waals surface area contributed by atoms with Gasteiger partial charge in [-0.3, -0.25) is 4.79 Å². The van der Waals surface area contributed by atoms with E-state index in [2.05, 4.69) is 20.5 Å². The summed E-state index contributed by atoms with van der Waals surface area (Å²) in [5, 5.41) is 6.25. The van der Waals surface area contributed by atoms with E-state index in [1.807, 2.05) is 38.1 Å². The van der Waals surface area contributed by atoms with Gasteiger partial charge in [-0.25, -0.2) is 4.98 Å². The number of carbonyl (C=O) groups excluding carboxylic acids is 1. The Balaban J connectivity index is 1.80. The van der Waals surface area contributed by atoms with Crippen LogP contribution in [0.2, 0.25) is 0 Å². The highest BCUT2D eigenvalue weighted by Crippen LogP contribution is 2.25. The number of amides is 1. The fourth-order valence-corrected chi connectivity index (χ4v) is 3.06. The van der Waals surface area contributed by atoms with E-state index in [-0.39, 0.29) is 5.91 Å². The molecule has 0 spiro atoms. The minimum atomic E-state index is -0.176. The number of nitrogens with one attached hydrogen (secondary N) is 2. The molecule has 0 aliphatic carbocycles. The summed E-state index contributed by atoms with van der Waals surface area (Å²) < 4.78 is 5.36. The van der Waals surface area contributed by atoms with Crippen LogP contribution in [-0.4, -0.2) is 44.2 Å². The van der Waals surface area contributed by atoms with Gasteiger partial charge in [0, 0.05) is 55.3 Å². The van der Waals surface area contributed by atoms with Crippen molar-refractivity contribution < 1.29 is 9.53 Å². The molecule has 0 bridgehead atoms. The molecule has 0 radical (unpaired) electrons. The lowest BCUT2D eigenvalue weighted by molar-refractivity contribution is 0.102. The Kier molecular flexibility index (Phi) is 5.19. The molecule has 25 heavy (non-hydrogen) atoms. The molecule has 1 saturated heterocycles. The lowest BCUT2D eigenvalue weighted by atomic mass is 10.0. The Hall–Kier alpha value is -2.60. The maximum atomic E-state index is 12.7. The number of hydrogen-bond acceptors (Lipinski definition) is 5. The van der Waals surface area contributed by atoms with E-state index in [1.54, 1.807) is 13.3 Å². The largest absolute Gasteiger partial charge is 0.496 e.